The van der Waals surface area contributed by atoms with Crippen LogP contribution >= 0.6 is 0 Å². The van der Waals surface area contributed by atoms with Gasteiger partial charge in [-0.3, -0.25) is 9.48 Å². The van der Waals surface area contributed by atoms with Crippen LogP contribution in [0.15, 0.2) is 57.9 Å². The summed E-state index contributed by atoms with van der Waals surface area (Å²) in [5.74, 6) is 0.0449. The highest BCUT2D eigenvalue weighted by Crippen LogP contribution is 2.39. The van der Waals surface area contributed by atoms with E-state index in [1.54, 1.807) is 29.1 Å². The average Bonchev–Trinajstić information content (AvgIpc) is 3.19. The highest BCUT2D eigenvalue weighted by Gasteiger charge is 2.20. The van der Waals surface area contributed by atoms with Crippen molar-refractivity contribution in [3.05, 3.63) is 58.9 Å². The number of benzene rings is 2. The summed E-state index contributed by atoms with van der Waals surface area (Å²) in [5.41, 5.74) is 3.30. The number of ether oxygens (including phenoxy) is 1. The first-order chi connectivity index (χ1) is 13.5. The second-order valence-corrected chi connectivity index (χ2v) is 6.40. The molecule has 3 heterocycles. The number of aryl methyl sites for hydroxylation is 1. The molecule has 0 aliphatic heterocycles. The Bertz CT molecular complexity index is 1420. The SMILES string of the molecule is Cn1[nH]cc2c(-c3cccc(OC(F)F)c3)c3oc4cc(=O)ccc4c3nc21. The molecule has 6 nitrogen and oxygen atoms in total. The van der Waals surface area contributed by atoms with Crippen LogP contribution in [-0.4, -0.2) is 21.4 Å². The number of hydrogen-bond acceptors (Lipinski definition) is 4. The third-order valence-electron chi connectivity index (χ3n) is 4.66. The number of aromatic nitrogens is 3. The number of alkyl halides is 2. The lowest BCUT2D eigenvalue weighted by Gasteiger charge is -2.08. The summed E-state index contributed by atoms with van der Waals surface area (Å²) in [6.45, 7) is -2.92. The topological polar surface area (TPSA) is 73.1 Å². The van der Waals surface area contributed by atoms with Crippen molar-refractivity contribution in [3.63, 3.8) is 0 Å². The van der Waals surface area contributed by atoms with Gasteiger partial charge in [-0.25, -0.2) is 4.98 Å². The van der Waals surface area contributed by atoms with Gasteiger partial charge < -0.3 is 14.3 Å². The lowest BCUT2D eigenvalue weighted by molar-refractivity contribution is -0.0498. The van der Waals surface area contributed by atoms with Crippen molar-refractivity contribution < 1.29 is 17.9 Å². The Morgan fingerprint density at radius 3 is 2.86 bits per heavy atom. The summed E-state index contributed by atoms with van der Waals surface area (Å²) in [7, 11) is 1.82. The molecule has 0 atom stereocenters. The maximum Gasteiger partial charge on any atom is 0.387 e. The van der Waals surface area contributed by atoms with Gasteiger partial charge in [-0.15, -0.1) is 0 Å². The summed E-state index contributed by atoms with van der Waals surface area (Å²) in [4.78, 5) is 16.4. The number of halogens is 2. The Labute approximate surface area is 155 Å². The third kappa shape index (κ3) is 2.45. The number of H-pyrrole nitrogens is 1. The van der Waals surface area contributed by atoms with Crippen LogP contribution in [0.25, 0.3) is 44.2 Å². The summed E-state index contributed by atoms with van der Waals surface area (Å²) in [5, 5.41) is 4.53. The van der Waals surface area contributed by atoms with E-state index in [1.807, 2.05) is 7.05 Å². The van der Waals surface area contributed by atoms with E-state index in [0.717, 1.165) is 5.39 Å². The Kier molecular flexibility index (Phi) is 3.48. The van der Waals surface area contributed by atoms with Gasteiger partial charge in [0.2, 0.25) is 0 Å². The molecule has 2 aromatic carbocycles. The van der Waals surface area contributed by atoms with E-state index in [-0.39, 0.29) is 11.2 Å². The minimum Gasteiger partial charge on any atom is -0.454 e. The molecular formula is C20H13F2N3O3. The number of nitrogens with zero attached hydrogens (tertiary/aromatic N) is 2. The smallest absolute Gasteiger partial charge is 0.387 e. The van der Waals surface area contributed by atoms with Crippen LogP contribution in [0.2, 0.25) is 0 Å². The Morgan fingerprint density at radius 1 is 1.18 bits per heavy atom. The molecule has 140 valence electrons. The minimum absolute atomic E-state index is 0.0449. The first-order valence-electron chi connectivity index (χ1n) is 8.47. The summed E-state index contributed by atoms with van der Waals surface area (Å²) < 4.78 is 37.6. The maximum absolute atomic E-state index is 12.7. The molecule has 0 spiro atoms. The van der Waals surface area contributed by atoms with Gasteiger partial charge in [0, 0.05) is 35.6 Å². The Morgan fingerprint density at radius 2 is 2.04 bits per heavy atom. The molecule has 1 N–H and O–H groups in total. The number of furan rings is 1. The van der Waals surface area contributed by atoms with Crippen molar-refractivity contribution in [1.82, 2.24) is 14.8 Å². The Balaban J connectivity index is 1.90. The normalized spacial score (nSPS) is 11.9. The van der Waals surface area contributed by atoms with Crippen molar-refractivity contribution in [3.8, 4) is 16.9 Å². The zero-order valence-corrected chi connectivity index (χ0v) is 14.6. The molecule has 0 radical (unpaired) electrons. The molecule has 0 amide bonds. The van der Waals surface area contributed by atoms with E-state index in [1.165, 1.54) is 24.3 Å². The van der Waals surface area contributed by atoms with E-state index in [0.29, 0.717) is 38.8 Å². The largest absolute Gasteiger partial charge is 0.454 e. The number of hydrogen-bond donors (Lipinski definition) is 1. The first-order valence-corrected chi connectivity index (χ1v) is 8.47. The van der Waals surface area contributed by atoms with Crippen molar-refractivity contribution in [2.24, 2.45) is 7.05 Å². The predicted octanol–water partition coefficient (Wildman–Crippen LogP) is 4.43. The molecule has 0 bridgehead atoms. The molecule has 8 heteroatoms. The van der Waals surface area contributed by atoms with Gasteiger partial charge in [0.15, 0.2) is 16.7 Å². The summed E-state index contributed by atoms with van der Waals surface area (Å²) >= 11 is 0. The molecule has 0 aliphatic rings. The second kappa shape index (κ2) is 5.91. The molecular weight excluding hydrogens is 368 g/mol. The third-order valence-corrected chi connectivity index (χ3v) is 4.66. The molecule has 0 aliphatic carbocycles. The van der Waals surface area contributed by atoms with Crippen LogP contribution in [0.4, 0.5) is 8.78 Å². The van der Waals surface area contributed by atoms with E-state index in [9.17, 15) is 13.6 Å². The fraction of sp³-hybridized carbons (Fsp3) is 0.100. The van der Waals surface area contributed by atoms with E-state index >= 15 is 0 Å². The fourth-order valence-electron chi connectivity index (χ4n) is 3.47. The van der Waals surface area contributed by atoms with Gasteiger partial charge in [-0.2, -0.15) is 8.78 Å². The molecule has 0 fully saturated rings. The first kappa shape index (κ1) is 16.5. The highest BCUT2D eigenvalue weighted by atomic mass is 19.3. The van der Waals surface area contributed by atoms with Gasteiger partial charge in [0.1, 0.15) is 16.8 Å². The van der Waals surface area contributed by atoms with Crippen LogP contribution < -0.4 is 10.2 Å². The Hall–Kier alpha value is -3.68. The number of pyridine rings is 1. The predicted molar refractivity (Wildman–Crippen MR) is 101 cm³/mol. The average molecular weight is 381 g/mol. The fourth-order valence-corrected chi connectivity index (χ4v) is 3.47. The van der Waals surface area contributed by atoms with E-state index in [4.69, 9.17) is 9.40 Å². The summed E-state index contributed by atoms with van der Waals surface area (Å²) in [6.07, 6.45) is 1.77. The second-order valence-electron chi connectivity index (χ2n) is 6.40. The van der Waals surface area contributed by atoms with E-state index in [2.05, 4.69) is 9.84 Å². The lowest BCUT2D eigenvalue weighted by atomic mass is 10.0. The van der Waals surface area contributed by atoms with E-state index < -0.39 is 6.61 Å². The van der Waals surface area contributed by atoms with Crippen LogP contribution in [-0.2, 0) is 7.05 Å². The van der Waals surface area contributed by atoms with Gasteiger partial charge in [-0.05, 0) is 29.8 Å². The minimum atomic E-state index is -2.92. The summed E-state index contributed by atoms with van der Waals surface area (Å²) in [6, 6.07) is 11.0. The van der Waals surface area contributed by atoms with Crippen molar-refractivity contribution >= 4 is 33.1 Å². The standard InChI is InChI=1S/C20H13F2N3O3/c1-25-19-14(9-23-25)16(10-3-2-4-12(7-10)27-20(21)22)18-17(24-19)13-6-5-11(26)8-15(13)28-18/h2-9,20,23H,1H3. The number of fused-ring (bicyclic) bond motifs is 4. The quantitative estimate of drug-likeness (QED) is 0.502. The van der Waals surface area contributed by atoms with Gasteiger partial charge in [0.25, 0.3) is 0 Å². The number of nitrogens with one attached hydrogen (secondary N) is 1. The molecule has 0 saturated heterocycles. The van der Waals surface area contributed by atoms with Crippen LogP contribution in [0, 0.1) is 0 Å². The molecule has 0 unspecified atom stereocenters. The molecule has 5 rings (SSSR count). The van der Waals surface area contributed by atoms with Gasteiger partial charge in [0.05, 0.1) is 0 Å². The van der Waals surface area contributed by atoms with Crippen LogP contribution in [0.1, 0.15) is 0 Å². The van der Waals surface area contributed by atoms with Crippen LogP contribution in [0.3, 0.4) is 0 Å². The zero-order valence-electron chi connectivity index (χ0n) is 14.6. The van der Waals surface area contributed by atoms with Crippen LogP contribution in [0.5, 0.6) is 5.75 Å². The number of rotatable bonds is 3. The zero-order chi connectivity index (χ0) is 19.4. The highest BCUT2D eigenvalue weighted by molar-refractivity contribution is 6.14. The van der Waals surface area contributed by atoms with Crippen molar-refractivity contribution in [2.75, 3.05) is 0 Å². The lowest BCUT2D eigenvalue weighted by Crippen LogP contribution is -2.01. The van der Waals surface area contributed by atoms with Crippen molar-refractivity contribution in [2.45, 2.75) is 6.61 Å². The molecule has 5 aromatic rings. The number of aromatic amines is 1. The molecule has 28 heavy (non-hydrogen) atoms. The van der Waals surface area contributed by atoms with Gasteiger partial charge in [-0.1, -0.05) is 12.1 Å². The molecule has 3 aromatic heterocycles. The van der Waals surface area contributed by atoms with Gasteiger partial charge >= 0.3 is 6.61 Å². The monoisotopic (exact) mass is 381 g/mol. The maximum atomic E-state index is 12.7. The molecule has 0 saturated carbocycles. The van der Waals surface area contributed by atoms with Crippen molar-refractivity contribution in [1.29, 1.82) is 0 Å².